The molecule has 0 radical (unpaired) electrons. The monoisotopic (exact) mass is 268 g/mol. The van der Waals surface area contributed by atoms with Crippen molar-refractivity contribution in [2.24, 2.45) is 5.41 Å². The van der Waals surface area contributed by atoms with E-state index in [0.717, 1.165) is 24.1 Å². The number of likely N-dealkylation sites (N-methyl/N-ethyl adjacent to an activating group) is 1. The maximum Gasteiger partial charge on any atom is 0.231 e. The van der Waals surface area contributed by atoms with Crippen LogP contribution in [0.3, 0.4) is 0 Å². The van der Waals surface area contributed by atoms with Crippen LogP contribution in [0.5, 0.6) is 0 Å². The Morgan fingerprint density at radius 2 is 2.10 bits per heavy atom. The average molecular weight is 268 g/mol. The van der Waals surface area contributed by atoms with Crippen molar-refractivity contribution in [3.63, 3.8) is 0 Å². The SMILES string of the molecule is CN1C(=O)Cc2cc(C3(C4(C#N)CC4)COC3)ccc21. The first kappa shape index (κ1) is 11.9. The molecule has 0 N–H and O–H groups in total. The number of rotatable bonds is 2. The van der Waals surface area contributed by atoms with Gasteiger partial charge in [-0.3, -0.25) is 4.79 Å². The number of nitriles is 1. The van der Waals surface area contributed by atoms with Gasteiger partial charge in [0.2, 0.25) is 5.91 Å². The number of carbonyl (C=O) groups excluding carboxylic acids is 1. The molecule has 4 nitrogen and oxygen atoms in total. The van der Waals surface area contributed by atoms with E-state index in [0.29, 0.717) is 19.6 Å². The van der Waals surface area contributed by atoms with Crippen molar-refractivity contribution in [2.45, 2.75) is 24.7 Å². The predicted octanol–water partition coefficient (Wildman–Crippen LogP) is 1.78. The largest absolute Gasteiger partial charge is 0.379 e. The van der Waals surface area contributed by atoms with Gasteiger partial charge in [0.05, 0.1) is 36.5 Å². The van der Waals surface area contributed by atoms with Gasteiger partial charge in [0.1, 0.15) is 0 Å². The number of fused-ring (bicyclic) bond motifs is 1. The third-order valence-corrected chi connectivity index (χ3v) is 5.29. The fourth-order valence-electron chi connectivity index (χ4n) is 3.62. The second kappa shape index (κ2) is 3.62. The molecule has 1 saturated heterocycles. The molecule has 2 heterocycles. The van der Waals surface area contributed by atoms with Crippen molar-refractivity contribution in [3.05, 3.63) is 29.3 Å². The van der Waals surface area contributed by atoms with Gasteiger partial charge in [0.15, 0.2) is 0 Å². The van der Waals surface area contributed by atoms with Gasteiger partial charge in [0.25, 0.3) is 0 Å². The normalized spacial score (nSPS) is 24.8. The number of hydrogen-bond acceptors (Lipinski definition) is 3. The molecule has 20 heavy (non-hydrogen) atoms. The summed E-state index contributed by atoms with van der Waals surface area (Å²) in [5.41, 5.74) is 2.85. The molecule has 1 amide bonds. The Labute approximate surface area is 117 Å². The maximum atomic E-state index is 11.8. The van der Waals surface area contributed by atoms with E-state index >= 15 is 0 Å². The molecule has 1 aromatic carbocycles. The lowest BCUT2D eigenvalue weighted by Crippen LogP contribution is -2.53. The molecule has 2 fully saturated rings. The minimum absolute atomic E-state index is 0.137. The highest BCUT2D eigenvalue weighted by atomic mass is 16.5. The number of nitrogens with zero attached hydrogens (tertiary/aromatic N) is 2. The third-order valence-electron chi connectivity index (χ3n) is 5.29. The number of hydrogen-bond donors (Lipinski definition) is 0. The molecule has 0 aromatic heterocycles. The fourth-order valence-corrected chi connectivity index (χ4v) is 3.62. The second-order valence-electron chi connectivity index (χ2n) is 6.24. The van der Waals surface area contributed by atoms with Crippen LogP contribution >= 0.6 is 0 Å². The highest BCUT2D eigenvalue weighted by Gasteiger charge is 2.64. The minimum Gasteiger partial charge on any atom is -0.379 e. The van der Waals surface area contributed by atoms with Gasteiger partial charge in [-0.1, -0.05) is 12.1 Å². The smallest absolute Gasteiger partial charge is 0.231 e. The number of anilines is 1. The van der Waals surface area contributed by atoms with Crippen molar-refractivity contribution in [1.82, 2.24) is 0 Å². The molecule has 2 aliphatic heterocycles. The molecule has 0 spiro atoms. The van der Waals surface area contributed by atoms with Crippen molar-refractivity contribution in [1.29, 1.82) is 5.26 Å². The molecular weight excluding hydrogens is 252 g/mol. The van der Waals surface area contributed by atoms with E-state index in [1.54, 1.807) is 4.90 Å². The van der Waals surface area contributed by atoms with Gasteiger partial charge in [-0.25, -0.2) is 0 Å². The molecule has 1 saturated carbocycles. The molecule has 4 heteroatoms. The summed E-state index contributed by atoms with van der Waals surface area (Å²) in [6, 6.07) is 8.74. The fraction of sp³-hybridized carbons (Fsp3) is 0.500. The number of benzene rings is 1. The summed E-state index contributed by atoms with van der Waals surface area (Å²) in [4.78, 5) is 13.5. The van der Waals surface area contributed by atoms with Crippen molar-refractivity contribution < 1.29 is 9.53 Å². The van der Waals surface area contributed by atoms with E-state index in [2.05, 4.69) is 18.2 Å². The third kappa shape index (κ3) is 1.26. The van der Waals surface area contributed by atoms with Crippen LogP contribution in [0.1, 0.15) is 24.0 Å². The summed E-state index contributed by atoms with van der Waals surface area (Å²) in [5, 5.41) is 9.53. The quantitative estimate of drug-likeness (QED) is 0.821. The molecular formula is C16H16N2O2. The molecule has 3 aliphatic rings. The summed E-state index contributed by atoms with van der Waals surface area (Å²) >= 11 is 0. The Balaban J connectivity index is 1.79. The number of ether oxygens (including phenoxy) is 1. The average Bonchev–Trinajstić information content (AvgIpc) is 3.13. The van der Waals surface area contributed by atoms with Crippen LogP contribution in [0.25, 0.3) is 0 Å². The molecule has 102 valence electrons. The molecule has 4 rings (SSSR count). The van der Waals surface area contributed by atoms with Crippen molar-refractivity contribution in [2.75, 3.05) is 25.2 Å². The van der Waals surface area contributed by atoms with Crippen LogP contribution in [0.4, 0.5) is 5.69 Å². The van der Waals surface area contributed by atoms with Crippen LogP contribution < -0.4 is 4.90 Å². The van der Waals surface area contributed by atoms with E-state index in [1.807, 2.05) is 13.1 Å². The minimum atomic E-state index is -0.242. The van der Waals surface area contributed by atoms with E-state index in [4.69, 9.17) is 4.74 Å². The summed E-state index contributed by atoms with van der Waals surface area (Å²) in [7, 11) is 1.81. The predicted molar refractivity (Wildman–Crippen MR) is 73.3 cm³/mol. The molecule has 1 aliphatic carbocycles. The summed E-state index contributed by atoms with van der Waals surface area (Å²) < 4.78 is 5.45. The Bertz CT molecular complexity index is 651. The Morgan fingerprint density at radius 3 is 2.65 bits per heavy atom. The number of amides is 1. The van der Waals surface area contributed by atoms with Crippen LogP contribution in [-0.2, 0) is 21.4 Å². The topological polar surface area (TPSA) is 53.3 Å². The lowest BCUT2D eigenvalue weighted by atomic mass is 9.66. The molecule has 0 atom stereocenters. The standard InChI is InChI=1S/C16H16N2O2/c1-18-13-3-2-12(6-11(13)7-14(18)19)16(9-20-10-16)15(8-17)4-5-15/h2-3,6H,4-5,7,9-10H2,1H3. The van der Waals surface area contributed by atoms with Crippen LogP contribution in [0.2, 0.25) is 0 Å². The first-order valence-electron chi connectivity index (χ1n) is 7.01. The zero-order chi connectivity index (χ0) is 14.0. The zero-order valence-corrected chi connectivity index (χ0v) is 11.5. The van der Waals surface area contributed by atoms with Gasteiger partial charge in [-0.15, -0.1) is 0 Å². The van der Waals surface area contributed by atoms with Gasteiger partial charge in [0, 0.05) is 12.7 Å². The van der Waals surface area contributed by atoms with E-state index in [9.17, 15) is 10.1 Å². The van der Waals surface area contributed by atoms with Gasteiger partial charge >= 0.3 is 0 Å². The Morgan fingerprint density at radius 1 is 1.35 bits per heavy atom. The van der Waals surface area contributed by atoms with Crippen LogP contribution in [0.15, 0.2) is 18.2 Å². The van der Waals surface area contributed by atoms with E-state index in [1.165, 1.54) is 5.56 Å². The summed E-state index contributed by atoms with van der Waals surface area (Å²) in [5.74, 6) is 0.137. The van der Waals surface area contributed by atoms with E-state index in [-0.39, 0.29) is 16.7 Å². The second-order valence-corrected chi connectivity index (χ2v) is 6.24. The van der Waals surface area contributed by atoms with Gasteiger partial charge < -0.3 is 9.64 Å². The maximum absolute atomic E-state index is 11.8. The lowest BCUT2D eigenvalue weighted by Gasteiger charge is -2.46. The highest BCUT2D eigenvalue weighted by Crippen LogP contribution is 2.62. The van der Waals surface area contributed by atoms with Gasteiger partial charge in [-0.2, -0.15) is 5.26 Å². The lowest BCUT2D eigenvalue weighted by molar-refractivity contribution is -0.117. The first-order valence-corrected chi connectivity index (χ1v) is 7.01. The summed E-state index contributed by atoms with van der Waals surface area (Å²) in [6.07, 6.45) is 2.39. The van der Waals surface area contributed by atoms with Crippen LogP contribution in [0, 0.1) is 16.7 Å². The zero-order valence-electron chi connectivity index (χ0n) is 11.5. The molecule has 1 aromatic rings. The van der Waals surface area contributed by atoms with Gasteiger partial charge in [-0.05, 0) is 30.0 Å². The Hall–Kier alpha value is -1.86. The van der Waals surface area contributed by atoms with Crippen molar-refractivity contribution >= 4 is 11.6 Å². The van der Waals surface area contributed by atoms with E-state index < -0.39 is 0 Å². The summed E-state index contributed by atoms with van der Waals surface area (Å²) in [6.45, 7) is 1.26. The molecule has 0 bridgehead atoms. The van der Waals surface area contributed by atoms with Crippen molar-refractivity contribution in [3.8, 4) is 6.07 Å². The molecule has 0 unspecified atom stereocenters. The Kier molecular flexibility index (Phi) is 2.16. The first-order chi connectivity index (χ1) is 9.62. The van der Waals surface area contributed by atoms with Crippen LogP contribution in [-0.4, -0.2) is 26.2 Å². The highest BCUT2D eigenvalue weighted by molar-refractivity contribution is 6.01. The number of carbonyl (C=O) groups is 1.